The fourth-order valence-corrected chi connectivity index (χ4v) is 5.22. The van der Waals surface area contributed by atoms with Crippen molar-refractivity contribution < 1.29 is 4.74 Å². The van der Waals surface area contributed by atoms with Crippen molar-refractivity contribution in [1.29, 1.82) is 0 Å². The van der Waals surface area contributed by atoms with Crippen LogP contribution >= 0.6 is 11.9 Å². The highest BCUT2D eigenvalue weighted by molar-refractivity contribution is 7.98. The van der Waals surface area contributed by atoms with Crippen LogP contribution in [0.1, 0.15) is 65.7 Å². The van der Waals surface area contributed by atoms with E-state index in [2.05, 4.69) is 25.5 Å². The highest BCUT2D eigenvalue weighted by atomic mass is 32.2. The smallest absolute Gasteiger partial charge is 0.295 e. The fourth-order valence-electron chi connectivity index (χ4n) is 4.24. The Hall–Kier alpha value is -0.380. The van der Waals surface area contributed by atoms with Crippen LogP contribution in [0.4, 0.5) is 0 Å². The molecule has 3 rings (SSSR count). The number of rotatable bonds is 1. The van der Waals surface area contributed by atoms with E-state index in [0.29, 0.717) is 22.8 Å². The molecule has 0 aromatic carbocycles. The van der Waals surface area contributed by atoms with Crippen molar-refractivity contribution in [3.63, 3.8) is 0 Å². The number of nitrogens with one attached hydrogen (secondary N) is 1. The molecule has 2 aliphatic carbocycles. The van der Waals surface area contributed by atoms with Crippen LogP contribution in [0.15, 0.2) is 4.99 Å². The number of nitrogens with zero attached hydrogens (tertiary/aromatic N) is 1. The zero-order valence-corrected chi connectivity index (χ0v) is 13.8. The molecule has 4 atom stereocenters. The van der Waals surface area contributed by atoms with Gasteiger partial charge in [-0.05, 0) is 61.8 Å². The van der Waals surface area contributed by atoms with Gasteiger partial charge in [0, 0.05) is 0 Å². The van der Waals surface area contributed by atoms with E-state index >= 15 is 0 Å². The topological polar surface area (TPSA) is 33.6 Å². The SMILES string of the molecule is CC1CC(N=C2NSC3CCCCC3O2)CC(C)(C)C1. The summed E-state index contributed by atoms with van der Waals surface area (Å²) in [4.78, 5) is 4.89. The molecule has 1 N–H and O–H groups in total. The first-order valence-electron chi connectivity index (χ1n) is 8.18. The van der Waals surface area contributed by atoms with Crippen molar-refractivity contribution in [3.8, 4) is 0 Å². The summed E-state index contributed by atoms with van der Waals surface area (Å²) >= 11 is 1.84. The predicted octanol–water partition coefficient (Wildman–Crippen LogP) is 4.14. The summed E-state index contributed by atoms with van der Waals surface area (Å²) in [6, 6.07) is 1.23. The maximum absolute atomic E-state index is 6.11. The number of amidine groups is 1. The molecular formula is C16H28N2OS. The Kier molecular flexibility index (Phi) is 4.21. The van der Waals surface area contributed by atoms with Gasteiger partial charge in [0.2, 0.25) is 0 Å². The van der Waals surface area contributed by atoms with Gasteiger partial charge in [-0.1, -0.05) is 27.2 Å². The highest BCUT2D eigenvalue weighted by Crippen LogP contribution is 2.40. The van der Waals surface area contributed by atoms with Crippen LogP contribution in [-0.4, -0.2) is 23.4 Å². The largest absolute Gasteiger partial charge is 0.460 e. The van der Waals surface area contributed by atoms with Crippen molar-refractivity contribution in [1.82, 2.24) is 4.72 Å². The van der Waals surface area contributed by atoms with Gasteiger partial charge in [0.05, 0.1) is 11.3 Å². The van der Waals surface area contributed by atoms with Gasteiger partial charge < -0.3 is 4.74 Å². The van der Waals surface area contributed by atoms with Crippen molar-refractivity contribution in [3.05, 3.63) is 0 Å². The first kappa shape index (κ1) is 14.6. The zero-order valence-electron chi connectivity index (χ0n) is 13.0. The second kappa shape index (κ2) is 5.78. The molecule has 3 nitrogen and oxygen atoms in total. The van der Waals surface area contributed by atoms with E-state index in [1.807, 2.05) is 11.9 Å². The van der Waals surface area contributed by atoms with E-state index < -0.39 is 0 Å². The van der Waals surface area contributed by atoms with Gasteiger partial charge in [-0.15, -0.1) is 0 Å². The summed E-state index contributed by atoms with van der Waals surface area (Å²) in [6.45, 7) is 7.10. The first-order chi connectivity index (χ1) is 9.52. The van der Waals surface area contributed by atoms with Crippen molar-refractivity contribution in [2.75, 3.05) is 0 Å². The Morgan fingerprint density at radius 1 is 1.25 bits per heavy atom. The summed E-state index contributed by atoms with van der Waals surface area (Å²) in [5, 5.41) is 0.629. The molecule has 3 aliphatic rings. The van der Waals surface area contributed by atoms with Gasteiger partial charge in [-0.2, -0.15) is 0 Å². The van der Waals surface area contributed by atoms with Crippen LogP contribution in [0.25, 0.3) is 0 Å². The third-order valence-electron chi connectivity index (χ3n) is 4.87. The second-order valence-electron chi connectivity index (χ2n) is 7.70. The van der Waals surface area contributed by atoms with E-state index in [-0.39, 0.29) is 0 Å². The van der Waals surface area contributed by atoms with Gasteiger partial charge in [0.15, 0.2) is 0 Å². The summed E-state index contributed by atoms with van der Waals surface area (Å²) in [6.07, 6.45) is 9.24. The Bertz CT molecular complexity index is 383. The van der Waals surface area contributed by atoms with E-state index in [9.17, 15) is 0 Å². The van der Waals surface area contributed by atoms with Crippen LogP contribution in [0, 0.1) is 11.3 Å². The van der Waals surface area contributed by atoms with Gasteiger partial charge in [-0.25, -0.2) is 4.99 Å². The minimum Gasteiger partial charge on any atom is -0.460 e. The summed E-state index contributed by atoms with van der Waals surface area (Å²) in [7, 11) is 0. The van der Waals surface area contributed by atoms with Crippen molar-refractivity contribution in [2.24, 2.45) is 16.3 Å². The molecule has 0 aromatic rings. The van der Waals surface area contributed by atoms with Crippen LogP contribution in [0.3, 0.4) is 0 Å². The first-order valence-corrected chi connectivity index (χ1v) is 9.06. The van der Waals surface area contributed by atoms with Gasteiger partial charge in [0.1, 0.15) is 6.10 Å². The molecule has 0 bridgehead atoms. The average molecular weight is 296 g/mol. The minimum absolute atomic E-state index is 0.391. The lowest BCUT2D eigenvalue weighted by Crippen LogP contribution is -2.43. The number of hydrogen-bond donors (Lipinski definition) is 1. The standard InChI is InChI=1S/C16H28N2OS/c1-11-8-12(10-16(2,3)9-11)17-15-18-20-14-7-5-4-6-13(14)19-15/h11-14H,4-10H2,1-3H3,(H,17,18). The lowest BCUT2D eigenvalue weighted by molar-refractivity contribution is 0.132. The number of hydrogen-bond acceptors (Lipinski definition) is 3. The zero-order chi connectivity index (χ0) is 14.2. The molecule has 0 radical (unpaired) electrons. The Morgan fingerprint density at radius 2 is 2.05 bits per heavy atom. The molecule has 0 spiro atoms. The highest BCUT2D eigenvalue weighted by Gasteiger charge is 2.35. The second-order valence-corrected chi connectivity index (χ2v) is 8.75. The molecule has 4 unspecified atom stereocenters. The molecule has 0 amide bonds. The molecule has 2 saturated carbocycles. The van der Waals surface area contributed by atoms with Crippen LogP contribution in [0.5, 0.6) is 0 Å². The molecule has 3 fully saturated rings. The number of aliphatic imine (C=N–C) groups is 1. The maximum atomic E-state index is 6.11. The van der Waals surface area contributed by atoms with E-state index in [1.54, 1.807) is 0 Å². The number of ether oxygens (including phenoxy) is 1. The molecular weight excluding hydrogens is 268 g/mol. The lowest BCUT2D eigenvalue weighted by Gasteiger charge is -2.39. The van der Waals surface area contributed by atoms with Gasteiger partial charge in [-0.3, -0.25) is 4.72 Å². The van der Waals surface area contributed by atoms with Crippen LogP contribution in [0.2, 0.25) is 0 Å². The third kappa shape index (κ3) is 3.44. The molecule has 1 heterocycles. The Balaban J connectivity index is 1.63. The summed E-state index contributed by atoms with van der Waals surface area (Å²) < 4.78 is 9.47. The fraction of sp³-hybridized carbons (Fsp3) is 0.938. The molecule has 4 heteroatoms. The maximum Gasteiger partial charge on any atom is 0.295 e. The average Bonchev–Trinajstić information content (AvgIpc) is 2.36. The molecule has 1 saturated heterocycles. The minimum atomic E-state index is 0.391. The Morgan fingerprint density at radius 3 is 2.85 bits per heavy atom. The van der Waals surface area contributed by atoms with E-state index in [4.69, 9.17) is 9.73 Å². The quantitative estimate of drug-likeness (QED) is 0.738. The molecule has 20 heavy (non-hydrogen) atoms. The van der Waals surface area contributed by atoms with Gasteiger partial charge in [0.25, 0.3) is 6.02 Å². The number of fused-ring (bicyclic) bond motifs is 1. The van der Waals surface area contributed by atoms with E-state index in [0.717, 1.165) is 11.9 Å². The van der Waals surface area contributed by atoms with Crippen molar-refractivity contribution in [2.45, 2.75) is 83.1 Å². The normalized spacial score (nSPS) is 42.5. The third-order valence-corrected chi connectivity index (χ3v) is 6.00. The van der Waals surface area contributed by atoms with Crippen LogP contribution < -0.4 is 4.72 Å². The van der Waals surface area contributed by atoms with E-state index in [1.165, 1.54) is 44.9 Å². The Labute approximate surface area is 127 Å². The summed E-state index contributed by atoms with van der Waals surface area (Å²) in [5.74, 6) is 0.770. The van der Waals surface area contributed by atoms with Gasteiger partial charge >= 0.3 is 0 Å². The van der Waals surface area contributed by atoms with Crippen LogP contribution in [-0.2, 0) is 4.74 Å². The lowest BCUT2D eigenvalue weighted by atomic mass is 9.71. The molecule has 1 aliphatic heterocycles. The molecule has 114 valence electrons. The predicted molar refractivity (Wildman–Crippen MR) is 85.9 cm³/mol. The summed E-state index contributed by atoms with van der Waals surface area (Å²) in [5.41, 5.74) is 0.418. The monoisotopic (exact) mass is 296 g/mol. The van der Waals surface area contributed by atoms with Crippen molar-refractivity contribution >= 4 is 18.0 Å². The molecule has 0 aromatic heterocycles.